The summed E-state index contributed by atoms with van der Waals surface area (Å²) in [6.45, 7) is 5.44. The molecule has 7 heteroatoms. The molecule has 1 aromatic rings. The minimum Gasteiger partial charge on any atom is -0.488 e. The lowest BCUT2D eigenvalue weighted by Crippen LogP contribution is -3.15. The first-order valence-corrected chi connectivity index (χ1v) is 8.07. The van der Waals surface area contributed by atoms with E-state index in [4.69, 9.17) is 27.9 Å². The van der Waals surface area contributed by atoms with Crippen LogP contribution in [0, 0.1) is 0 Å². The van der Waals surface area contributed by atoms with Gasteiger partial charge in [0.05, 0.1) is 36.2 Å². The third kappa shape index (κ3) is 4.74. The lowest BCUT2D eigenvalue weighted by molar-refractivity contribution is -0.907. The maximum Gasteiger partial charge on any atom is 0.219 e. The molecule has 1 aliphatic rings. The molecule has 0 aromatic heterocycles. The molecule has 1 fully saturated rings. The Balaban J connectivity index is 1.77. The lowest BCUT2D eigenvalue weighted by atomic mass is 10.2. The van der Waals surface area contributed by atoms with E-state index in [9.17, 15) is 9.90 Å². The number of ether oxygens (including phenoxy) is 1. The van der Waals surface area contributed by atoms with Crippen LogP contribution in [0.3, 0.4) is 0 Å². The number of benzene rings is 1. The van der Waals surface area contributed by atoms with E-state index < -0.39 is 6.10 Å². The summed E-state index contributed by atoms with van der Waals surface area (Å²) in [6.07, 6.45) is -0.605. The van der Waals surface area contributed by atoms with Crippen molar-refractivity contribution in [3.63, 3.8) is 0 Å². The number of amides is 1. The van der Waals surface area contributed by atoms with Crippen molar-refractivity contribution in [2.75, 3.05) is 39.3 Å². The number of para-hydroxylation sites is 1. The van der Waals surface area contributed by atoms with E-state index in [1.54, 1.807) is 25.1 Å². The lowest BCUT2D eigenvalue weighted by Gasteiger charge is -2.32. The van der Waals surface area contributed by atoms with E-state index >= 15 is 0 Å². The number of aliphatic hydroxyl groups is 1. The van der Waals surface area contributed by atoms with Crippen molar-refractivity contribution in [1.29, 1.82) is 0 Å². The van der Waals surface area contributed by atoms with Gasteiger partial charge >= 0.3 is 0 Å². The number of halogens is 2. The third-order valence-electron chi connectivity index (χ3n) is 3.78. The molecule has 0 radical (unpaired) electrons. The summed E-state index contributed by atoms with van der Waals surface area (Å²) in [5.41, 5.74) is 0. The van der Waals surface area contributed by atoms with Crippen LogP contribution in [-0.2, 0) is 4.79 Å². The summed E-state index contributed by atoms with van der Waals surface area (Å²) in [5, 5.41) is 11.0. The van der Waals surface area contributed by atoms with Crippen LogP contribution >= 0.6 is 23.2 Å². The van der Waals surface area contributed by atoms with Gasteiger partial charge in [0.1, 0.15) is 19.3 Å². The van der Waals surface area contributed by atoms with Crippen LogP contribution < -0.4 is 9.64 Å². The average molecular weight is 348 g/mol. The number of quaternary nitrogens is 1. The molecule has 1 aliphatic heterocycles. The Morgan fingerprint density at radius 3 is 2.50 bits per heavy atom. The highest BCUT2D eigenvalue weighted by atomic mass is 35.5. The van der Waals surface area contributed by atoms with Gasteiger partial charge in [-0.3, -0.25) is 4.79 Å². The Hall–Kier alpha value is -1.01. The number of piperazine rings is 1. The van der Waals surface area contributed by atoms with E-state index in [0.717, 1.165) is 26.2 Å². The van der Waals surface area contributed by atoms with Crippen LogP contribution in [0.4, 0.5) is 0 Å². The fourth-order valence-corrected chi connectivity index (χ4v) is 3.04. The predicted molar refractivity (Wildman–Crippen MR) is 85.8 cm³/mol. The highest BCUT2D eigenvalue weighted by molar-refractivity contribution is 6.37. The van der Waals surface area contributed by atoms with Crippen molar-refractivity contribution in [3.05, 3.63) is 28.2 Å². The first-order valence-electron chi connectivity index (χ1n) is 7.31. The smallest absolute Gasteiger partial charge is 0.219 e. The Kier molecular flexibility index (Phi) is 6.32. The highest BCUT2D eigenvalue weighted by Crippen LogP contribution is 2.32. The standard InChI is InChI=1S/C15H20Cl2N2O3/c1-11(20)19-7-5-18(6-8-19)9-12(21)10-22-15-13(16)3-2-4-14(15)17/h2-4,12,21H,5-10H2,1H3/p+1/t12-/m1/s1. The van der Waals surface area contributed by atoms with Gasteiger partial charge in [0.25, 0.3) is 0 Å². The molecule has 0 spiro atoms. The number of hydrogen-bond acceptors (Lipinski definition) is 3. The molecule has 0 bridgehead atoms. The minimum atomic E-state index is -0.605. The first kappa shape index (κ1) is 17.3. The maximum atomic E-state index is 11.3. The Labute approximate surface area is 140 Å². The molecular weight excluding hydrogens is 327 g/mol. The fourth-order valence-electron chi connectivity index (χ4n) is 2.53. The van der Waals surface area contributed by atoms with E-state index in [-0.39, 0.29) is 12.5 Å². The number of rotatable bonds is 5. The van der Waals surface area contributed by atoms with Crippen LogP contribution in [-0.4, -0.2) is 61.3 Å². The van der Waals surface area contributed by atoms with E-state index in [1.807, 2.05) is 4.90 Å². The Bertz CT molecular complexity index is 499. The molecule has 0 saturated carbocycles. The highest BCUT2D eigenvalue weighted by Gasteiger charge is 2.24. The van der Waals surface area contributed by atoms with Crippen molar-refractivity contribution in [3.8, 4) is 5.75 Å². The second kappa shape index (κ2) is 8.02. The van der Waals surface area contributed by atoms with E-state index in [1.165, 1.54) is 4.90 Å². The number of nitrogens with zero attached hydrogens (tertiary/aromatic N) is 1. The number of carbonyl (C=O) groups is 1. The van der Waals surface area contributed by atoms with Gasteiger partial charge in [0, 0.05) is 6.92 Å². The number of hydrogen-bond donors (Lipinski definition) is 2. The van der Waals surface area contributed by atoms with Gasteiger partial charge in [-0.2, -0.15) is 0 Å². The maximum absolute atomic E-state index is 11.3. The van der Waals surface area contributed by atoms with Gasteiger partial charge in [0.15, 0.2) is 5.75 Å². The topological polar surface area (TPSA) is 54.2 Å². The number of carbonyl (C=O) groups excluding carboxylic acids is 1. The quantitative estimate of drug-likeness (QED) is 0.814. The van der Waals surface area contributed by atoms with Crippen molar-refractivity contribution in [2.45, 2.75) is 13.0 Å². The van der Waals surface area contributed by atoms with Crippen LogP contribution in [0.1, 0.15) is 6.92 Å². The molecule has 5 nitrogen and oxygen atoms in total. The molecule has 1 aromatic carbocycles. The zero-order valence-electron chi connectivity index (χ0n) is 12.5. The summed E-state index contributed by atoms with van der Waals surface area (Å²) < 4.78 is 5.54. The number of nitrogens with one attached hydrogen (secondary N) is 1. The van der Waals surface area contributed by atoms with E-state index in [0.29, 0.717) is 22.3 Å². The van der Waals surface area contributed by atoms with Gasteiger partial charge in [-0.25, -0.2) is 0 Å². The first-order chi connectivity index (χ1) is 10.5. The molecule has 1 amide bonds. The van der Waals surface area contributed by atoms with Crippen LogP contribution in [0.25, 0.3) is 0 Å². The Morgan fingerprint density at radius 2 is 1.95 bits per heavy atom. The monoisotopic (exact) mass is 347 g/mol. The molecular formula is C15H21Cl2N2O3+. The normalized spacial score (nSPS) is 17.4. The van der Waals surface area contributed by atoms with Crippen molar-refractivity contribution in [1.82, 2.24) is 4.90 Å². The fraction of sp³-hybridized carbons (Fsp3) is 0.533. The molecule has 1 saturated heterocycles. The van der Waals surface area contributed by atoms with Gasteiger partial charge in [0.2, 0.25) is 5.91 Å². The molecule has 2 rings (SSSR count). The molecule has 1 heterocycles. The van der Waals surface area contributed by atoms with Gasteiger partial charge in [-0.05, 0) is 12.1 Å². The van der Waals surface area contributed by atoms with Crippen molar-refractivity contribution < 1.29 is 19.5 Å². The third-order valence-corrected chi connectivity index (χ3v) is 4.37. The summed E-state index contributed by atoms with van der Waals surface area (Å²) >= 11 is 12.0. The van der Waals surface area contributed by atoms with Gasteiger partial charge in [-0.1, -0.05) is 29.3 Å². The van der Waals surface area contributed by atoms with Crippen LogP contribution in [0.15, 0.2) is 18.2 Å². The molecule has 1 atom stereocenters. The van der Waals surface area contributed by atoms with Gasteiger partial charge < -0.3 is 19.6 Å². The summed E-state index contributed by atoms with van der Waals surface area (Å²) in [6, 6.07) is 5.13. The largest absolute Gasteiger partial charge is 0.488 e. The van der Waals surface area contributed by atoms with Gasteiger partial charge in [-0.15, -0.1) is 0 Å². The molecule has 0 aliphatic carbocycles. The SMILES string of the molecule is CC(=O)N1CC[NH+](C[C@@H](O)COc2c(Cl)cccc2Cl)CC1. The van der Waals surface area contributed by atoms with Crippen LogP contribution in [0.5, 0.6) is 5.75 Å². The van der Waals surface area contributed by atoms with Crippen LogP contribution in [0.2, 0.25) is 10.0 Å². The predicted octanol–water partition coefficient (Wildman–Crippen LogP) is 0.480. The molecule has 22 heavy (non-hydrogen) atoms. The molecule has 2 N–H and O–H groups in total. The Morgan fingerprint density at radius 1 is 1.36 bits per heavy atom. The van der Waals surface area contributed by atoms with Crippen molar-refractivity contribution >= 4 is 29.1 Å². The summed E-state index contributed by atoms with van der Waals surface area (Å²) in [5.74, 6) is 0.512. The summed E-state index contributed by atoms with van der Waals surface area (Å²) in [7, 11) is 0. The average Bonchev–Trinajstić information content (AvgIpc) is 2.47. The second-order valence-corrected chi connectivity index (χ2v) is 6.29. The molecule has 0 unspecified atom stereocenters. The summed E-state index contributed by atoms with van der Waals surface area (Å²) in [4.78, 5) is 14.4. The zero-order valence-corrected chi connectivity index (χ0v) is 14.0. The zero-order chi connectivity index (χ0) is 16.1. The molecule has 122 valence electrons. The second-order valence-electron chi connectivity index (χ2n) is 5.48. The minimum absolute atomic E-state index is 0.108. The number of aliphatic hydroxyl groups excluding tert-OH is 1. The van der Waals surface area contributed by atoms with E-state index in [2.05, 4.69) is 0 Å². The van der Waals surface area contributed by atoms with Crippen molar-refractivity contribution in [2.24, 2.45) is 0 Å².